The molecule has 0 amide bonds. The summed E-state index contributed by atoms with van der Waals surface area (Å²) in [5.74, 6) is 0. The van der Waals surface area contributed by atoms with Crippen molar-refractivity contribution in [1.82, 2.24) is 4.57 Å². The van der Waals surface area contributed by atoms with Crippen molar-refractivity contribution in [1.29, 1.82) is 0 Å². The lowest BCUT2D eigenvalue weighted by molar-refractivity contribution is 0.911. The highest BCUT2D eigenvalue weighted by Crippen LogP contribution is 1.96. The minimum Gasteiger partial charge on any atom is -0.349 e. The van der Waals surface area contributed by atoms with Gasteiger partial charge in [-0.25, -0.2) is 0 Å². The maximum Gasteiger partial charge on any atom is 0.0346 e. The van der Waals surface area contributed by atoms with Crippen LogP contribution in [-0.2, 0) is 7.05 Å². The monoisotopic (exact) mass is 127 g/mol. The van der Waals surface area contributed by atoms with Crippen LogP contribution in [-0.4, -0.2) is 4.57 Å². The molecule has 1 nitrogen and oxygen atoms in total. The van der Waals surface area contributed by atoms with Gasteiger partial charge in [0, 0.05) is 18.2 Å². The molecule has 1 aromatic rings. The summed E-state index contributed by atoms with van der Waals surface area (Å²) < 4.78 is 2.13. The Bertz CT molecular complexity index is 171. The van der Waals surface area contributed by atoms with Gasteiger partial charge in [0.25, 0.3) is 0 Å². The molecule has 1 unspecified atom stereocenters. The molecule has 0 fully saturated rings. The fourth-order valence-corrected chi connectivity index (χ4v) is 0.933. The zero-order valence-electron chi connectivity index (χ0n) is 5.18. The third-order valence-electron chi connectivity index (χ3n) is 1.41. The molecule has 0 bridgehead atoms. The van der Waals surface area contributed by atoms with Gasteiger partial charge in [0.05, 0.1) is 0 Å². The van der Waals surface area contributed by atoms with Gasteiger partial charge in [-0.1, -0.05) is 9.24 Å². The minimum atomic E-state index is 1.24. The Kier molecular flexibility index (Phi) is 1.39. The smallest absolute Gasteiger partial charge is 0.0346 e. The zero-order chi connectivity index (χ0) is 6.15. The second-order valence-electron chi connectivity index (χ2n) is 1.96. The Hall–Kier alpha value is -0.290. The van der Waals surface area contributed by atoms with E-state index in [2.05, 4.69) is 39.9 Å². The Morgan fingerprint density at radius 1 is 1.50 bits per heavy atom. The first-order chi connectivity index (χ1) is 3.72. The number of hydrogen-bond acceptors (Lipinski definition) is 0. The van der Waals surface area contributed by atoms with Gasteiger partial charge >= 0.3 is 0 Å². The van der Waals surface area contributed by atoms with Crippen molar-refractivity contribution in [2.24, 2.45) is 7.05 Å². The quantitative estimate of drug-likeness (QED) is 0.455. The average molecular weight is 127 g/mol. The van der Waals surface area contributed by atoms with E-state index in [1.54, 1.807) is 0 Å². The normalized spacial score (nSPS) is 9.88. The van der Waals surface area contributed by atoms with Gasteiger partial charge in [0.2, 0.25) is 0 Å². The van der Waals surface area contributed by atoms with E-state index in [1.807, 2.05) is 0 Å². The molecule has 2 heteroatoms. The first-order valence-corrected chi connectivity index (χ1v) is 3.17. The first kappa shape index (κ1) is 5.84. The highest BCUT2D eigenvalue weighted by Gasteiger charge is 1.91. The molecule has 1 atom stereocenters. The molecule has 1 heterocycles. The number of rotatable bonds is 0. The van der Waals surface area contributed by atoms with Crippen LogP contribution in [0.3, 0.4) is 0 Å². The van der Waals surface area contributed by atoms with Crippen LogP contribution in [0.5, 0.6) is 0 Å². The largest absolute Gasteiger partial charge is 0.349 e. The molecule has 44 valence electrons. The molecule has 0 saturated heterocycles. The maximum absolute atomic E-state index is 2.67. The Morgan fingerprint density at radius 2 is 2.12 bits per heavy atom. The molecule has 8 heavy (non-hydrogen) atoms. The summed E-state index contributed by atoms with van der Waals surface area (Å²) in [5.41, 5.74) is 2.54. The highest BCUT2D eigenvalue weighted by atomic mass is 31.0. The van der Waals surface area contributed by atoms with Crippen LogP contribution >= 0.6 is 9.24 Å². The first-order valence-electron chi connectivity index (χ1n) is 2.59. The van der Waals surface area contributed by atoms with Gasteiger partial charge < -0.3 is 4.57 Å². The second kappa shape index (κ2) is 1.91. The van der Waals surface area contributed by atoms with Crippen LogP contribution in [0.4, 0.5) is 0 Å². The Morgan fingerprint density at radius 3 is 2.25 bits per heavy atom. The van der Waals surface area contributed by atoms with E-state index >= 15 is 0 Å². The van der Waals surface area contributed by atoms with Crippen molar-refractivity contribution in [3.63, 3.8) is 0 Å². The van der Waals surface area contributed by atoms with Gasteiger partial charge in [-0.15, -0.1) is 0 Å². The van der Waals surface area contributed by atoms with Crippen LogP contribution in [0.25, 0.3) is 0 Å². The Labute approximate surface area is 51.9 Å². The van der Waals surface area contributed by atoms with Gasteiger partial charge in [-0.2, -0.15) is 0 Å². The van der Waals surface area contributed by atoms with Crippen LogP contribution < -0.4 is 5.44 Å². The molecular weight excluding hydrogens is 117 g/mol. The van der Waals surface area contributed by atoms with Crippen LogP contribution in [0.2, 0.25) is 0 Å². The maximum atomic E-state index is 2.67. The van der Waals surface area contributed by atoms with Gasteiger partial charge in [-0.05, 0) is 19.1 Å². The number of aromatic nitrogens is 1. The second-order valence-corrected chi connectivity index (χ2v) is 2.55. The van der Waals surface area contributed by atoms with E-state index in [1.165, 1.54) is 11.1 Å². The van der Waals surface area contributed by atoms with Crippen LogP contribution in [0, 0.1) is 6.92 Å². The predicted octanol–water partition coefficient (Wildman–Crippen LogP) is 0.834. The molecule has 0 spiro atoms. The van der Waals surface area contributed by atoms with Gasteiger partial charge in [0.15, 0.2) is 0 Å². The molecule has 0 radical (unpaired) electrons. The standard InChI is InChI=1S/C6H10NP/c1-5-3-4-6(8)7(5)2/h3-4H,8H2,1-2H3. The molecule has 1 rings (SSSR count). The fraction of sp³-hybridized carbons (Fsp3) is 0.333. The predicted molar refractivity (Wildman–Crippen MR) is 39.5 cm³/mol. The van der Waals surface area contributed by atoms with Crippen LogP contribution in [0.15, 0.2) is 12.1 Å². The molecule has 0 aromatic carbocycles. The summed E-state index contributed by atoms with van der Waals surface area (Å²) in [6, 6.07) is 4.18. The SMILES string of the molecule is Cc1ccc(P)n1C. The van der Waals surface area contributed by atoms with E-state index in [0.717, 1.165) is 0 Å². The molecule has 0 N–H and O–H groups in total. The van der Waals surface area contributed by atoms with E-state index in [4.69, 9.17) is 0 Å². The molecule has 1 aromatic heterocycles. The van der Waals surface area contributed by atoms with Crippen LogP contribution in [0.1, 0.15) is 5.69 Å². The lowest BCUT2D eigenvalue weighted by Crippen LogP contribution is -2.04. The summed E-state index contributed by atoms with van der Waals surface area (Å²) in [5, 5.41) is 0. The summed E-state index contributed by atoms with van der Waals surface area (Å²) >= 11 is 0. The summed E-state index contributed by atoms with van der Waals surface area (Å²) in [6.45, 7) is 2.09. The van der Waals surface area contributed by atoms with E-state index in [0.29, 0.717) is 0 Å². The molecule has 0 aliphatic carbocycles. The van der Waals surface area contributed by atoms with E-state index in [-0.39, 0.29) is 0 Å². The lowest BCUT2D eigenvalue weighted by Gasteiger charge is -1.96. The topological polar surface area (TPSA) is 4.93 Å². The molecule has 0 saturated carbocycles. The number of hydrogen-bond donors (Lipinski definition) is 0. The lowest BCUT2D eigenvalue weighted by atomic mass is 10.5. The zero-order valence-corrected chi connectivity index (χ0v) is 6.33. The fourth-order valence-electron chi connectivity index (χ4n) is 0.633. The van der Waals surface area contributed by atoms with Crippen molar-refractivity contribution < 1.29 is 0 Å². The van der Waals surface area contributed by atoms with Gasteiger partial charge in [0.1, 0.15) is 0 Å². The summed E-state index contributed by atoms with van der Waals surface area (Å²) in [7, 11) is 4.72. The van der Waals surface area contributed by atoms with E-state index < -0.39 is 0 Å². The summed E-state index contributed by atoms with van der Waals surface area (Å²) in [4.78, 5) is 0. The average Bonchev–Trinajstić information content (AvgIpc) is 1.98. The molecular formula is C6H10NP. The van der Waals surface area contributed by atoms with Crippen molar-refractivity contribution in [2.75, 3.05) is 0 Å². The van der Waals surface area contributed by atoms with E-state index in [9.17, 15) is 0 Å². The number of aryl methyl sites for hydroxylation is 1. The number of nitrogens with zero attached hydrogens (tertiary/aromatic N) is 1. The molecule has 0 aliphatic rings. The summed E-state index contributed by atoms with van der Waals surface area (Å²) in [6.07, 6.45) is 0. The third kappa shape index (κ3) is 0.784. The van der Waals surface area contributed by atoms with Crippen molar-refractivity contribution in [3.05, 3.63) is 17.8 Å². The minimum absolute atomic E-state index is 1.24. The van der Waals surface area contributed by atoms with Crippen molar-refractivity contribution >= 4 is 14.7 Å². The van der Waals surface area contributed by atoms with Crippen molar-refractivity contribution in [2.45, 2.75) is 6.92 Å². The van der Waals surface area contributed by atoms with Gasteiger partial charge in [-0.3, -0.25) is 0 Å². The highest BCUT2D eigenvalue weighted by molar-refractivity contribution is 7.27. The van der Waals surface area contributed by atoms with Crippen molar-refractivity contribution in [3.8, 4) is 0 Å². The third-order valence-corrected chi connectivity index (χ3v) is 1.99. The molecule has 0 aliphatic heterocycles. The Balaban J connectivity index is 3.19.